The molecule has 0 fully saturated rings. The SMILES string of the molecule is COc1cc(/C=N/NS(=O)(=O)c2ccc(N)cc2)ccc1O. The van der Waals surface area contributed by atoms with Gasteiger partial charge in [0.15, 0.2) is 11.5 Å². The number of hydrogen-bond donors (Lipinski definition) is 3. The van der Waals surface area contributed by atoms with Crippen molar-refractivity contribution < 1.29 is 18.3 Å². The maximum absolute atomic E-state index is 12.0. The van der Waals surface area contributed by atoms with Crippen LogP contribution in [0.3, 0.4) is 0 Å². The van der Waals surface area contributed by atoms with Crippen LogP contribution in [0.1, 0.15) is 5.56 Å². The van der Waals surface area contributed by atoms with Crippen LogP contribution in [-0.2, 0) is 10.0 Å². The number of hydrogen-bond acceptors (Lipinski definition) is 6. The van der Waals surface area contributed by atoms with Crippen molar-refractivity contribution in [3.8, 4) is 11.5 Å². The number of nitrogen functional groups attached to an aromatic ring is 1. The van der Waals surface area contributed by atoms with E-state index in [1.807, 2.05) is 0 Å². The Morgan fingerprint density at radius 3 is 2.55 bits per heavy atom. The van der Waals surface area contributed by atoms with Crippen LogP contribution in [0.15, 0.2) is 52.5 Å². The van der Waals surface area contributed by atoms with Crippen LogP contribution in [0.2, 0.25) is 0 Å². The van der Waals surface area contributed by atoms with E-state index in [-0.39, 0.29) is 16.4 Å². The summed E-state index contributed by atoms with van der Waals surface area (Å²) in [4.78, 5) is 2.15. The van der Waals surface area contributed by atoms with Gasteiger partial charge in [-0.2, -0.15) is 13.5 Å². The summed E-state index contributed by atoms with van der Waals surface area (Å²) in [6, 6.07) is 10.3. The molecule has 2 aromatic carbocycles. The first-order valence-electron chi connectivity index (χ1n) is 6.20. The molecule has 2 aromatic rings. The number of ether oxygens (including phenoxy) is 1. The fourth-order valence-corrected chi connectivity index (χ4v) is 2.44. The van der Waals surface area contributed by atoms with Gasteiger partial charge in [0.1, 0.15) is 0 Å². The maximum atomic E-state index is 12.0. The normalized spacial score (nSPS) is 11.5. The van der Waals surface area contributed by atoms with Gasteiger partial charge in [-0.25, -0.2) is 4.83 Å². The highest BCUT2D eigenvalue weighted by Gasteiger charge is 2.11. The van der Waals surface area contributed by atoms with E-state index in [4.69, 9.17) is 10.5 Å². The summed E-state index contributed by atoms with van der Waals surface area (Å²) >= 11 is 0. The molecule has 0 aromatic heterocycles. The minimum Gasteiger partial charge on any atom is -0.504 e. The Bertz CT molecular complexity index is 786. The van der Waals surface area contributed by atoms with Crippen molar-refractivity contribution in [1.29, 1.82) is 0 Å². The molecule has 0 bridgehead atoms. The molecule has 0 heterocycles. The first kappa shape index (κ1) is 15.6. The highest BCUT2D eigenvalue weighted by Crippen LogP contribution is 2.25. The number of phenols is 1. The Hall–Kier alpha value is -2.74. The molecule has 0 aliphatic heterocycles. The molecular formula is C14H15N3O4S. The number of aromatic hydroxyl groups is 1. The fourth-order valence-electron chi connectivity index (χ4n) is 1.64. The molecule has 7 nitrogen and oxygen atoms in total. The fraction of sp³-hybridized carbons (Fsp3) is 0.0714. The molecule has 4 N–H and O–H groups in total. The van der Waals surface area contributed by atoms with Crippen molar-refractivity contribution in [3.63, 3.8) is 0 Å². The second kappa shape index (κ2) is 6.35. The Kier molecular flexibility index (Phi) is 4.52. The summed E-state index contributed by atoms with van der Waals surface area (Å²) in [6.07, 6.45) is 1.30. The summed E-state index contributed by atoms with van der Waals surface area (Å²) < 4.78 is 28.9. The number of nitrogens with one attached hydrogen (secondary N) is 1. The average molecular weight is 321 g/mol. The minimum absolute atomic E-state index is 0.0119. The molecule has 0 aliphatic carbocycles. The highest BCUT2D eigenvalue weighted by molar-refractivity contribution is 7.89. The Labute approximate surface area is 128 Å². The Morgan fingerprint density at radius 1 is 1.23 bits per heavy atom. The second-order valence-electron chi connectivity index (χ2n) is 4.35. The maximum Gasteiger partial charge on any atom is 0.276 e. The number of nitrogens with zero attached hydrogens (tertiary/aromatic N) is 1. The van der Waals surface area contributed by atoms with Crippen LogP contribution in [-0.4, -0.2) is 26.8 Å². The van der Waals surface area contributed by atoms with Crippen LogP contribution in [0.5, 0.6) is 11.5 Å². The molecular weight excluding hydrogens is 306 g/mol. The third-order valence-corrected chi connectivity index (χ3v) is 4.02. The average Bonchev–Trinajstić information content (AvgIpc) is 2.49. The molecule has 0 radical (unpaired) electrons. The lowest BCUT2D eigenvalue weighted by molar-refractivity contribution is 0.373. The van der Waals surface area contributed by atoms with E-state index in [2.05, 4.69) is 9.93 Å². The van der Waals surface area contributed by atoms with Gasteiger partial charge in [0, 0.05) is 5.69 Å². The van der Waals surface area contributed by atoms with Gasteiger partial charge in [0.25, 0.3) is 10.0 Å². The van der Waals surface area contributed by atoms with E-state index >= 15 is 0 Å². The van der Waals surface area contributed by atoms with Gasteiger partial charge in [0.05, 0.1) is 18.2 Å². The van der Waals surface area contributed by atoms with Crippen LogP contribution in [0, 0.1) is 0 Å². The van der Waals surface area contributed by atoms with Crippen molar-refractivity contribution in [3.05, 3.63) is 48.0 Å². The number of nitrogens with two attached hydrogens (primary N) is 1. The number of anilines is 1. The van der Waals surface area contributed by atoms with Crippen LogP contribution >= 0.6 is 0 Å². The first-order valence-corrected chi connectivity index (χ1v) is 7.68. The van der Waals surface area contributed by atoms with E-state index in [1.165, 1.54) is 49.7 Å². The lowest BCUT2D eigenvalue weighted by Gasteiger charge is -2.05. The van der Waals surface area contributed by atoms with Gasteiger partial charge in [-0.05, 0) is 48.0 Å². The summed E-state index contributed by atoms with van der Waals surface area (Å²) in [6.45, 7) is 0. The van der Waals surface area contributed by atoms with Crippen molar-refractivity contribution in [2.75, 3.05) is 12.8 Å². The lowest BCUT2D eigenvalue weighted by Crippen LogP contribution is -2.18. The summed E-state index contributed by atoms with van der Waals surface area (Å²) in [5.74, 6) is 0.257. The number of phenolic OH excluding ortho intramolecular Hbond substituents is 1. The van der Waals surface area contributed by atoms with E-state index in [9.17, 15) is 13.5 Å². The molecule has 116 valence electrons. The molecule has 22 heavy (non-hydrogen) atoms. The zero-order valence-electron chi connectivity index (χ0n) is 11.7. The molecule has 0 saturated carbocycles. The standard InChI is InChI=1S/C14H15N3O4S/c1-21-14-8-10(2-7-13(14)18)9-16-17-22(19,20)12-5-3-11(15)4-6-12/h2-9,17-18H,15H2,1H3/b16-9+. The third-order valence-electron chi connectivity index (χ3n) is 2.78. The van der Waals surface area contributed by atoms with E-state index in [0.29, 0.717) is 11.3 Å². The van der Waals surface area contributed by atoms with Crippen molar-refractivity contribution in [2.45, 2.75) is 4.90 Å². The Morgan fingerprint density at radius 2 is 1.91 bits per heavy atom. The number of sulfonamides is 1. The number of methoxy groups -OCH3 is 1. The molecule has 0 aliphatic rings. The third kappa shape index (κ3) is 3.67. The van der Waals surface area contributed by atoms with E-state index in [0.717, 1.165) is 0 Å². The summed E-state index contributed by atoms with van der Waals surface area (Å²) in [5.41, 5.74) is 6.54. The van der Waals surface area contributed by atoms with Gasteiger partial charge in [-0.1, -0.05) is 0 Å². The molecule has 0 unspecified atom stereocenters. The molecule has 8 heteroatoms. The quantitative estimate of drug-likeness (QED) is 0.436. The van der Waals surface area contributed by atoms with Gasteiger partial charge in [0.2, 0.25) is 0 Å². The molecule has 0 saturated heterocycles. The Balaban J connectivity index is 2.13. The predicted octanol–water partition coefficient (Wildman–Crippen LogP) is 1.30. The van der Waals surface area contributed by atoms with Gasteiger partial charge >= 0.3 is 0 Å². The smallest absolute Gasteiger partial charge is 0.276 e. The zero-order chi connectivity index (χ0) is 16.2. The van der Waals surface area contributed by atoms with E-state index < -0.39 is 10.0 Å². The van der Waals surface area contributed by atoms with Crippen molar-refractivity contribution in [2.24, 2.45) is 5.10 Å². The monoisotopic (exact) mass is 321 g/mol. The number of benzene rings is 2. The summed E-state index contributed by atoms with van der Waals surface area (Å²) in [5, 5.41) is 13.2. The van der Waals surface area contributed by atoms with Gasteiger partial charge in [-0.3, -0.25) is 0 Å². The molecule has 0 amide bonds. The number of hydrazone groups is 1. The zero-order valence-corrected chi connectivity index (χ0v) is 12.5. The number of rotatable bonds is 5. The van der Waals surface area contributed by atoms with Crippen LogP contribution in [0.25, 0.3) is 0 Å². The minimum atomic E-state index is -3.76. The van der Waals surface area contributed by atoms with Crippen molar-refractivity contribution >= 4 is 21.9 Å². The van der Waals surface area contributed by atoms with Crippen molar-refractivity contribution in [1.82, 2.24) is 4.83 Å². The first-order chi connectivity index (χ1) is 10.4. The highest BCUT2D eigenvalue weighted by atomic mass is 32.2. The molecule has 2 rings (SSSR count). The molecule has 0 spiro atoms. The second-order valence-corrected chi connectivity index (χ2v) is 6.01. The largest absolute Gasteiger partial charge is 0.504 e. The van der Waals surface area contributed by atoms with Gasteiger partial charge < -0.3 is 15.6 Å². The van der Waals surface area contributed by atoms with E-state index in [1.54, 1.807) is 6.07 Å². The topological polar surface area (TPSA) is 114 Å². The van der Waals surface area contributed by atoms with Crippen LogP contribution < -0.4 is 15.3 Å². The van der Waals surface area contributed by atoms with Gasteiger partial charge in [-0.15, -0.1) is 0 Å². The lowest BCUT2D eigenvalue weighted by atomic mass is 10.2. The predicted molar refractivity (Wildman–Crippen MR) is 83.4 cm³/mol. The summed E-state index contributed by atoms with van der Waals surface area (Å²) in [7, 11) is -2.34. The molecule has 0 atom stereocenters. The van der Waals surface area contributed by atoms with Crippen LogP contribution in [0.4, 0.5) is 5.69 Å².